The predicted molar refractivity (Wildman–Crippen MR) is 125 cm³/mol. The number of rotatable bonds is 7. The molecule has 9 nitrogen and oxygen atoms in total. The molecule has 1 atom stereocenters. The van der Waals surface area contributed by atoms with Gasteiger partial charge in [0.15, 0.2) is 6.54 Å². The number of piperidine rings is 1. The van der Waals surface area contributed by atoms with Crippen molar-refractivity contribution in [3.05, 3.63) is 65.9 Å². The van der Waals surface area contributed by atoms with Gasteiger partial charge in [-0.05, 0) is 43.1 Å². The molecule has 36 heavy (non-hydrogen) atoms. The Morgan fingerprint density at radius 3 is 2.53 bits per heavy atom. The molecule has 1 aromatic heterocycles. The van der Waals surface area contributed by atoms with E-state index in [4.69, 9.17) is 4.52 Å². The lowest BCUT2D eigenvalue weighted by Crippen LogP contribution is -2.43. The van der Waals surface area contributed by atoms with E-state index in [1.165, 1.54) is 12.3 Å². The predicted octanol–water partition coefficient (Wildman–Crippen LogP) is 3.81. The van der Waals surface area contributed by atoms with E-state index in [9.17, 15) is 22.8 Å². The lowest BCUT2D eigenvalue weighted by molar-refractivity contribution is -0.767. The van der Waals surface area contributed by atoms with Gasteiger partial charge in [-0.2, -0.15) is 13.2 Å². The summed E-state index contributed by atoms with van der Waals surface area (Å²) in [4.78, 5) is 24.8. The molecule has 4 N–H and O–H groups in total. The van der Waals surface area contributed by atoms with Gasteiger partial charge in [0.2, 0.25) is 11.2 Å². The first-order valence-electron chi connectivity index (χ1n) is 11.5. The molecule has 12 heteroatoms. The van der Waals surface area contributed by atoms with Gasteiger partial charge < -0.3 is 16.0 Å². The minimum atomic E-state index is -4.68. The van der Waals surface area contributed by atoms with Crippen molar-refractivity contribution >= 4 is 29.2 Å². The lowest BCUT2D eigenvalue weighted by Gasteiger charge is -2.18. The highest BCUT2D eigenvalue weighted by atomic mass is 19.4. The van der Waals surface area contributed by atoms with Gasteiger partial charge in [0.1, 0.15) is 0 Å². The standard InChI is InChI=1S/C24H25F3N6O3/c25-24(26,27)18-10-19(29-21(34)9-16-5-2-1-3-6-16)12-20(11-18)30-23(35)31-22-15-33(32-36-22)14-17-7-4-8-28-13-17/h1-3,5-6,10-12,15,17,28H,4,7-9,13-14H2,(H2-,29,30,31,32,34,35)/p+1. The topological polar surface area (TPSA) is 112 Å². The van der Waals surface area contributed by atoms with Crippen LogP contribution in [0.5, 0.6) is 0 Å². The molecule has 1 fully saturated rings. The van der Waals surface area contributed by atoms with E-state index in [2.05, 4.69) is 26.5 Å². The van der Waals surface area contributed by atoms with Gasteiger partial charge in [0.05, 0.1) is 12.0 Å². The van der Waals surface area contributed by atoms with E-state index in [-0.39, 0.29) is 23.7 Å². The van der Waals surface area contributed by atoms with Crippen LogP contribution < -0.4 is 25.9 Å². The molecule has 4 rings (SSSR count). The zero-order valence-corrected chi connectivity index (χ0v) is 19.3. The Kier molecular flexibility index (Phi) is 7.84. The van der Waals surface area contributed by atoms with Crippen molar-refractivity contribution in [1.82, 2.24) is 10.6 Å². The number of benzene rings is 2. The Morgan fingerprint density at radius 2 is 1.83 bits per heavy atom. The number of nitrogens with zero attached hydrogens (tertiary/aromatic N) is 2. The first-order valence-corrected chi connectivity index (χ1v) is 11.5. The Morgan fingerprint density at radius 1 is 1.08 bits per heavy atom. The van der Waals surface area contributed by atoms with Crippen LogP contribution in [-0.4, -0.2) is 30.3 Å². The normalized spacial score (nSPS) is 15.8. The van der Waals surface area contributed by atoms with Gasteiger partial charge in [-0.25, -0.2) is 4.79 Å². The number of anilines is 3. The summed E-state index contributed by atoms with van der Waals surface area (Å²) >= 11 is 0. The van der Waals surface area contributed by atoms with Crippen LogP contribution in [0.4, 0.5) is 35.2 Å². The zero-order valence-electron chi connectivity index (χ0n) is 19.3. The van der Waals surface area contributed by atoms with Crippen molar-refractivity contribution in [3.63, 3.8) is 0 Å². The van der Waals surface area contributed by atoms with E-state index in [0.29, 0.717) is 18.0 Å². The highest BCUT2D eigenvalue weighted by molar-refractivity contribution is 6.00. The molecule has 0 bridgehead atoms. The summed E-state index contributed by atoms with van der Waals surface area (Å²) in [7, 11) is 0. The Hall–Kier alpha value is -3.93. The number of carbonyl (C=O) groups is 2. The van der Waals surface area contributed by atoms with Crippen molar-refractivity contribution in [2.75, 3.05) is 29.0 Å². The molecule has 3 amide bonds. The molecule has 3 aromatic rings. The fraction of sp³-hybridized carbons (Fsp3) is 0.333. The fourth-order valence-electron chi connectivity index (χ4n) is 3.96. The molecule has 1 aliphatic heterocycles. The van der Waals surface area contributed by atoms with E-state index in [0.717, 1.165) is 38.1 Å². The Bertz CT molecular complexity index is 1190. The van der Waals surface area contributed by atoms with Crippen molar-refractivity contribution in [1.29, 1.82) is 0 Å². The Balaban J connectivity index is 1.40. The number of nitrogens with one attached hydrogen (secondary N) is 4. The maximum atomic E-state index is 13.4. The molecule has 1 unspecified atom stereocenters. The molecule has 0 saturated carbocycles. The third-order valence-corrected chi connectivity index (χ3v) is 5.60. The quantitative estimate of drug-likeness (QED) is 0.367. The number of urea groups is 1. The average Bonchev–Trinajstić information content (AvgIpc) is 3.26. The lowest BCUT2D eigenvalue weighted by atomic mass is 10.00. The number of aromatic nitrogens is 2. The summed E-state index contributed by atoms with van der Waals surface area (Å²) in [6.45, 7) is 2.46. The molecule has 1 aliphatic rings. The van der Waals surface area contributed by atoms with Gasteiger partial charge >= 0.3 is 18.1 Å². The average molecular weight is 504 g/mol. The second kappa shape index (κ2) is 11.2. The summed E-state index contributed by atoms with van der Waals surface area (Å²) in [6.07, 6.45) is -1.06. The largest absolute Gasteiger partial charge is 0.416 e. The smallest absolute Gasteiger partial charge is 0.326 e. The minimum Gasteiger partial charge on any atom is -0.326 e. The summed E-state index contributed by atoms with van der Waals surface area (Å²) in [5, 5.41) is 14.4. The monoisotopic (exact) mass is 503 g/mol. The van der Waals surface area contributed by atoms with Crippen LogP contribution >= 0.6 is 0 Å². The molecule has 2 aromatic carbocycles. The molecule has 190 valence electrons. The molecule has 0 radical (unpaired) electrons. The van der Waals surface area contributed by atoms with E-state index in [1.54, 1.807) is 35.0 Å². The van der Waals surface area contributed by atoms with Crippen LogP contribution in [0.2, 0.25) is 0 Å². The van der Waals surface area contributed by atoms with Gasteiger partial charge in [-0.15, -0.1) is 0 Å². The highest BCUT2D eigenvalue weighted by Crippen LogP contribution is 2.33. The second-order valence-electron chi connectivity index (χ2n) is 8.59. The Labute approximate surface area is 205 Å². The molecule has 2 heterocycles. The number of hydrogen-bond donors (Lipinski definition) is 4. The molecular weight excluding hydrogens is 477 g/mol. The van der Waals surface area contributed by atoms with Gasteiger partial charge in [-0.1, -0.05) is 35.0 Å². The molecular formula is C24H26F3N6O3+. The van der Waals surface area contributed by atoms with Crippen LogP contribution in [0, 0.1) is 5.92 Å². The third kappa shape index (κ3) is 7.28. The van der Waals surface area contributed by atoms with Crippen LogP contribution in [0.3, 0.4) is 0 Å². The molecule has 0 spiro atoms. The van der Waals surface area contributed by atoms with Crippen molar-refractivity contribution in [3.8, 4) is 0 Å². The zero-order chi connectivity index (χ0) is 25.5. The van der Waals surface area contributed by atoms with Crippen LogP contribution in [0.25, 0.3) is 0 Å². The van der Waals surface area contributed by atoms with Crippen molar-refractivity contribution < 1.29 is 32.0 Å². The number of hydrogen-bond acceptors (Lipinski definition) is 5. The van der Waals surface area contributed by atoms with Crippen LogP contribution in [0.15, 0.2) is 59.3 Å². The van der Waals surface area contributed by atoms with E-state index < -0.39 is 23.7 Å². The van der Waals surface area contributed by atoms with Crippen LogP contribution in [0.1, 0.15) is 24.0 Å². The maximum absolute atomic E-state index is 13.4. The first kappa shape index (κ1) is 25.2. The van der Waals surface area contributed by atoms with E-state index >= 15 is 0 Å². The second-order valence-corrected chi connectivity index (χ2v) is 8.59. The fourth-order valence-corrected chi connectivity index (χ4v) is 3.96. The summed E-state index contributed by atoms with van der Waals surface area (Å²) in [5.74, 6) is -0.0638. The summed E-state index contributed by atoms with van der Waals surface area (Å²) in [6, 6.07) is 10.8. The third-order valence-electron chi connectivity index (χ3n) is 5.60. The summed E-state index contributed by atoms with van der Waals surface area (Å²) < 4.78 is 47.0. The number of alkyl halides is 3. The molecule has 0 aliphatic carbocycles. The SMILES string of the molecule is O=C(Cc1ccccc1)Nc1cc(NC(=O)Nc2c[n+](CC3CCCNC3)no2)cc(C(F)(F)F)c1. The maximum Gasteiger partial charge on any atom is 0.416 e. The van der Waals surface area contributed by atoms with Gasteiger partial charge in [0.25, 0.3) is 6.20 Å². The van der Waals surface area contributed by atoms with Crippen LogP contribution in [-0.2, 0) is 23.9 Å². The number of halogens is 3. The number of amides is 3. The minimum absolute atomic E-state index is 0.0112. The summed E-state index contributed by atoms with van der Waals surface area (Å²) in [5.41, 5.74) is -0.560. The van der Waals surface area contributed by atoms with Gasteiger partial charge in [0, 0.05) is 23.8 Å². The van der Waals surface area contributed by atoms with Crippen molar-refractivity contribution in [2.45, 2.75) is 32.0 Å². The molecule has 1 saturated heterocycles. The first-order chi connectivity index (χ1) is 17.2. The van der Waals surface area contributed by atoms with Gasteiger partial charge in [-0.3, -0.25) is 14.6 Å². The van der Waals surface area contributed by atoms with Crippen molar-refractivity contribution in [2.24, 2.45) is 5.92 Å². The van der Waals surface area contributed by atoms with E-state index in [1.807, 2.05) is 0 Å². The highest BCUT2D eigenvalue weighted by Gasteiger charge is 2.31. The number of carbonyl (C=O) groups excluding carboxylic acids is 2.